The van der Waals surface area contributed by atoms with E-state index in [0.29, 0.717) is 0 Å². The van der Waals surface area contributed by atoms with Gasteiger partial charge in [-0.1, -0.05) is 0 Å². The molecule has 1 saturated heterocycles. The molecule has 1 fully saturated rings. The number of hydroxylamine groups is 2. The molecule has 0 bridgehead atoms. The van der Waals surface area contributed by atoms with Crippen LogP contribution in [0.5, 0.6) is 0 Å². The summed E-state index contributed by atoms with van der Waals surface area (Å²) in [6, 6.07) is 0. The van der Waals surface area contributed by atoms with Crippen molar-refractivity contribution in [3.8, 4) is 0 Å². The minimum Gasteiger partial charge on any atom is -0.229 e. The molecule has 3 heteroatoms. The molecule has 0 aromatic carbocycles. The maximum atomic E-state index is 5.15. The molecular weight excluding hydrogens is 122 g/mol. The van der Waals surface area contributed by atoms with Gasteiger partial charge in [0.2, 0.25) is 0 Å². The van der Waals surface area contributed by atoms with Gasteiger partial charge in [0.05, 0.1) is 0 Å². The van der Waals surface area contributed by atoms with Crippen molar-refractivity contribution >= 4 is 12.0 Å². The highest BCUT2D eigenvalue weighted by molar-refractivity contribution is 7.93. The fraction of sp³-hybridized carbons (Fsp3) is 1.00. The van der Waals surface area contributed by atoms with Crippen LogP contribution in [0.25, 0.3) is 0 Å². The molecule has 0 aliphatic carbocycles. The summed E-state index contributed by atoms with van der Waals surface area (Å²) in [7, 11) is 0. The van der Waals surface area contributed by atoms with Gasteiger partial charge in [0, 0.05) is 31.4 Å². The van der Waals surface area contributed by atoms with Gasteiger partial charge in [-0.2, -0.15) is 5.06 Å². The first-order valence-electron chi connectivity index (χ1n) is 2.89. The summed E-state index contributed by atoms with van der Waals surface area (Å²) in [4.78, 5) is 0. The molecule has 0 spiro atoms. The second-order valence-electron chi connectivity index (χ2n) is 1.88. The molecule has 0 N–H and O–H groups in total. The third kappa shape index (κ3) is 1.65. The van der Waals surface area contributed by atoms with E-state index < -0.39 is 0 Å². The molecule has 1 heterocycles. The van der Waals surface area contributed by atoms with Gasteiger partial charge in [-0.3, -0.25) is 0 Å². The van der Waals surface area contributed by atoms with E-state index in [9.17, 15) is 0 Å². The van der Waals surface area contributed by atoms with Crippen molar-refractivity contribution in [3.05, 3.63) is 0 Å². The molecule has 48 valence electrons. The zero-order valence-electron chi connectivity index (χ0n) is 5.09. The van der Waals surface area contributed by atoms with E-state index in [2.05, 4.69) is 0 Å². The van der Waals surface area contributed by atoms with Gasteiger partial charge in [-0.15, -0.1) is 0 Å². The predicted octanol–water partition coefficient (Wildman–Crippen LogP) is 1.29. The zero-order chi connectivity index (χ0) is 5.82. The zero-order valence-corrected chi connectivity index (χ0v) is 5.91. The van der Waals surface area contributed by atoms with E-state index in [0.717, 1.165) is 13.1 Å². The van der Waals surface area contributed by atoms with E-state index in [-0.39, 0.29) is 0 Å². The average molecular weight is 133 g/mol. The van der Waals surface area contributed by atoms with Crippen LogP contribution in [0.4, 0.5) is 0 Å². The number of hydrogen-bond donors (Lipinski definition) is 0. The molecule has 1 rings (SSSR count). The summed E-state index contributed by atoms with van der Waals surface area (Å²) in [5.74, 6) is 0. The molecule has 0 aromatic rings. The maximum absolute atomic E-state index is 5.15. The lowest BCUT2D eigenvalue weighted by Crippen LogP contribution is -2.15. The van der Waals surface area contributed by atoms with E-state index in [1.165, 1.54) is 24.9 Å². The Morgan fingerprint density at radius 1 is 1.38 bits per heavy atom. The van der Waals surface area contributed by atoms with Crippen molar-refractivity contribution in [2.24, 2.45) is 0 Å². The number of rotatable bonds is 2. The highest BCUT2D eigenvalue weighted by Gasteiger charge is 2.10. The molecule has 0 unspecified atom stereocenters. The van der Waals surface area contributed by atoms with Gasteiger partial charge in [0.1, 0.15) is 0 Å². The first-order valence-corrected chi connectivity index (χ1v) is 4.04. The SMILES string of the molecule is CSON1CCCC1. The summed E-state index contributed by atoms with van der Waals surface area (Å²) in [5.41, 5.74) is 0. The molecule has 2 nitrogen and oxygen atoms in total. The maximum Gasteiger partial charge on any atom is 0.0253 e. The molecule has 0 saturated carbocycles. The van der Waals surface area contributed by atoms with Crippen LogP contribution >= 0.6 is 12.0 Å². The Labute approximate surface area is 54.4 Å². The molecule has 8 heavy (non-hydrogen) atoms. The first kappa shape index (κ1) is 6.39. The van der Waals surface area contributed by atoms with Crippen LogP contribution in [-0.2, 0) is 4.28 Å². The van der Waals surface area contributed by atoms with Crippen LogP contribution < -0.4 is 0 Å². The quantitative estimate of drug-likeness (QED) is 0.527. The molecule has 0 aromatic heterocycles. The third-order valence-corrected chi connectivity index (χ3v) is 1.60. The van der Waals surface area contributed by atoms with Gasteiger partial charge >= 0.3 is 0 Å². The second-order valence-corrected chi connectivity index (χ2v) is 2.36. The lowest BCUT2D eigenvalue weighted by molar-refractivity contribution is -0.0104. The normalized spacial score (nSPS) is 22.1. The van der Waals surface area contributed by atoms with Gasteiger partial charge < -0.3 is 0 Å². The topological polar surface area (TPSA) is 12.5 Å². The minimum atomic E-state index is 1.11. The van der Waals surface area contributed by atoms with Gasteiger partial charge in [-0.25, -0.2) is 4.28 Å². The molecular formula is C5H11NOS. The molecule has 0 atom stereocenters. The second kappa shape index (κ2) is 3.33. The van der Waals surface area contributed by atoms with Crippen LogP contribution in [0.2, 0.25) is 0 Å². The van der Waals surface area contributed by atoms with Gasteiger partial charge in [0.25, 0.3) is 0 Å². The summed E-state index contributed by atoms with van der Waals surface area (Å²) < 4.78 is 5.15. The van der Waals surface area contributed by atoms with Gasteiger partial charge in [0.15, 0.2) is 0 Å². The monoisotopic (exact) mass is 133 g/mol. The van der Waals surface area contributed by atoms with Crippen LogP contribution in [0, 0.1) is 0 Å². The van der Waals surface area contributed by atoms with E-state index >= 15 is 0 Å². The Morgan fingerprint density at radius 3 is 2.50 bits per heavy atom. The van der Waals surface area contributed by atoms with Crippen LogP contribution in [-0.4, -0.2) is 24.4 Å². The summed E-state index contributed by atoms with van der Waals surface area (Å²) in [6.07, 6.45) is 4.53. The number of nitrogens with zero attached hydrogens (tertiary/aromatic N) is 1. The van der Waals surface area contributed by atoms with Crippen molar-refractivity contribution in [1.29, 1.82) is 0 Å². The Kier molecular flexibility index (Phi) is 2.66. The Hall–Kier alpha value is 0.270. The highest BCUT2D eigenvalue weighted by Crippen LogP contribution is 2.11. The Bertz CT molecular complexity index is 63.4. The van der Waals surface area contributed by atoms with E-state index in [4.69, 9.17) is 4.28 Å². The lowest BCUT2D eigenvalue weighted by atomic mass is 10.4. The standard InChI is InChI=1S/C5H11NOS/c1-8-7-6-4-2-3-5-6/h2-5H2,1H3. The predicted molar refractivity (Wildman–Crippen MR) is 35.4 cm³/mol. The largest absolute Gasteiger partial charge is 0.229 e. The first-order chi connectivity index (χ1) is 3.93. The molecule has 1 aliphatic heterocycles. The summed E-state index contributed by atoms with van der Waals surface area (Å²) >= 11 is 1.42. The van der Waals surface area contributed by atoms with Crippen molar-refractivity contribution in [3.63, 3.8) is 0 Å². The van der Waals surface area contributed by atoms with Crippen molar-refractivity contribution in [2.75, 3.05) is 19.3 Å². The van der Waals surface area contributed by atoms with E-state index in [1.54, 1.807) is 0 Å². The minimum absolute atomic E-state index is 1.11. The van der Waals surface area contributed by atoms with Crippen molar-refractivity contribution in [1.82, 2.24) is 5.06 Å². The lowest BCUT2D eigenvalue weighted by Gasteiger charge is -2.09. The van der Waals surface area contributed by atoms with Crippen LogP contribution in [0.15, 0.2) is 0 Å². The summed E-state index contributed by atoms with van der Waals surface area (Å²) in [6.45, 7) is 2.22. The Balaban J connectivity index is 2.06. The average Bonchev–Trinajstić information content (AvgIpc) is 2.19. The third-order valence-electron chi connectivity index (χ3n) is 1.24. The van der Waals surface area contributed by atoms with Crippen LogP contribution in [0.1, 0.15) is 12.8 Å². The Morgan fingerprint density at radius 2 is 2.00 bits per heavy atom. The van der Waals surface area contributed by atoms with Crippen LogP contribution in [0.3, 0.4) is 0 Å². The highest BCUT2D eigenvalue weighted by atomic mass is 32.2. The van der Waals surface area contributed by atoms with E-state index in [1.807, 2.05) is 11.3 Å². The van der Waals surface area contributed by atoms with Crippen molar-refractivity contribution in [2.45, 2.75) is 12.8 Å². The summed E-state index contributed by atoms with van der Waals surface area (Å²) in [5, 5.41) is 2.00. The number of hydrogen-bond acceptors (Lipinski definition) is 3. The molecule has 0 radical (unpaired) electrons. The molecule has 1 aliphatic rings. The smallest absolute Gasteiger partial charge is 0.0253 e. The van der Waals surface area contributed by atoms with Gasteiger partial charge in [-0.05, 0) is 12.8 Å². The fourth-order valence-electron chi connectivity index (χ4n) is 0.868. The molecule has 0 amide bonds. The fourth-order valence-corrected chi connectivity index (χ4v) is 1.23. The van der Waals surface area contributed by atoms with Crippen molar-refractivity contribution < 1.29 is 4.28 Å².